The van der Waals surface area contributed by atoms with E-state index < -0.39 is 6.04 Å². The lowest BCUT2D eigenvalue weighted by Gasteiger charge is -2.10. The molecule has 0 fully saturated rings. The summed E-state index contributed by atoms with van der Waals surface area (Å²) < 4.78 is 4.58. The monoisotopic (exact) mass is 253 g/mol. The molecule has 1 atom stereocenters. The highest BCUT2D eigenvalue weighted by molar-refractivity contribution is 7.99. The van der Waals surface area contributed by atoms with E-state index in [1.165, 1.54) is 23.1 Å². The van der Waals surface area contributed by atoms with Crippen LogP contribution in [-0.4, -0.2) is 24.9 Å². The minimum Gasteiger partial charge on any atom is -0.468 e. The number of nitrogens with two attached hydrogens (primary N) is 1. The number of hydrogen-bond donors (Lipinski definition) is 1. The Kier molecular flexibility index (Phi) is 5.51. The minimum absolute atomic E-state index is 0.341. The van der Waals surface area contributed by atoms with Crippen LogP contribution in [-0.2, 0) is 9.53 Å². The topological polar surface area (TPSA) is 52.3 Å². The third-order valence-corrected chi connectivity index (χ3v) is 3.73. The van der Waals surface area contributed by atoms with Gasteiger partial charge in [-0.3, -0.25) is 4.79 Å². The summed E-state index contributed by atoms with van der Waals surface area (Å²) in [6.45, 7) is 4.17. The molecule has 1 unspecified atom stereocenters. The molecule has 0 amide bonds. The van der Waals surface area contributed by atoms with Crippen LogP contribution < -0.4 is 5.73 Å². The molecule has 94 valence electrons. The Balaban J connectivity index is 2.43. The predicted molar refractivity (Wildman–Crippen MR) is 71.2 cm³/mol. The van der Waals surface area contributed by atoms with Gasteiger partial charge in [-0.1, -0.05) is 17.7 Å². The Morgan fingerprint density at radius 2 is 2.18 bits per heavy atom. The van der Waals surface area contributed by atoms with Crippen molar-refractivity contribution in [3.05, 3.63) is 29.3 Å². The molecule has 0 heterocycles. The number of benzene rings is 1. The lowest BCUT2D eigenvalue weighted by Crippen LogP contribution is -2.31. The number of carbonyl (C=O) groups is 1. The molecule has 3 nitrogen and oxygen atoms in total. The molecule has 0 bridgehead atoms. The van der Waals surface area contributed by atoms with Crippen molar-refractivity contribution in [3.8, 4) is 0 Å². The number of methoxy groups -OCH3 is 1. The van der Waals surface area contributed by atoms with E-state index in [0.29, 0.717) is 6.42 Å². The summed E-state index contributed by atoms with van der Waals surface area (Å²) in [5.74, 6) is 0.478. The van der Waals surface area contributed by atoms with Gasteiger partial charge in [-0.05, 0) is 31.9 Å². The van der Waals surface area contributed by atoms with Crippen LogP contribution >= 0.6 is 11.8 Å². The molecule has 0 aromatic heterocycles. The Bertz CT molecular complexity index is 393. The van der Waals surface area contributed by atoms with Gasteiger partial charge in [0.2, 0.25) is 0 Å². The van der Waals surface area contributed by atoms with Crippen molar-refractivity contribution < 1.29 is 9.53 Å². The quantitative estimate of drug-likeness (QED) is 0.646. The highest BCUT2D eigenvalue weighted by Gasteiger charge is 2.13. The van der Waals surface area contributed by atoms with E-state index in [1.54, 1.807) is 11.8 Å². The van der Waals surface area contributed by atoms with Gasteiger partial charge in [-0.2, -0.15) is 0 Å². The second kappa shape index (κ2) is 6.67. The van der Waals surface area contributed by atoms with Crippen LogP contribution in [0.1, 0.15) is 17.5 Å². The molecule has 1 aromatic rings. The van der Waals surface area contributed by atoms with Crippen molar-refractivity contribution in [2.75, 3.05) is 12.9 Å². The smallest absolute Gasteiger partial charge is 0.322 e. The molecule has 0 aliphatic rings. The van der Waals surface area contributed by atoms with Gasteiger partial charge in [0.1, 0.15) is 6.04 Å². The SMILES string of the molecule is COC(=O)C(N)CCSc1ccc(C)cc1C. The number of ether oxygens (including phenoxy) is 1. The van der Waals surface area contributed by atoms with E-state index in [0.717, 1.165) is 5.75 Å². The van der Waals surface area contributed by atoms with E-state index in [2.05, 4.69) is 36.8 Å². The van der Waals surface area contributed by atoms with E-state index >= 15 is 0 Å². The number of rotatable bonds is 5. The van der Waals surface area contributed by atoms with Gasteiger partial charge in [0.25, 0.3) is 0 Å². The first-order chi connectivity index (χ1) is 8.04. The fourth-order valence-corrected chi connectivity index (χ4v) is 2.57. The fourth-order valence-electron chi connectivity index (χ4n) is 1.53. The molecule has 4 heteroatoms. The molecular weight excluding hydrogens is 234 g/mol. The first-order valence-corrected chi connectivity index (χ1v) is 6.56. The minimum atomic E-state index is -0.516. The number of thioether (sulfide) groups is 1. The maximum Gasteiger partial charge on any atom is 0.322 e. The number of carbonyl (C=O) groups excluding carboxylic acids is 1. The summed E-state index contributed by atoms with van der Waals surface area (Å²) in [5.41, 5.74) is 8.19. The Hall–Kier alpha value is -1.00. The van der Waals surface area contributed by atoms with Crippen LogP contribution in [0.5, 0.6) is 0 Å². The van der Waals surface area contributed by atoms with Crippen molar-refractivity contribution in [2.24, 2.45) is 5.73 Å². The fraction of sp³-hybridized carbons (Fsp3) is 0.462. The van der Waals surface area contributed by atoms with Crippen molar-refractivity contribution in [3.63, 3.8) is 0 Å². The second-order valence-electron chi connectivity index (χ2n) is 4.04. The lowest BCUT2D eigenvalue weighted by atomic mass is 10.2. The highest BCUT2D eigenvalue weighted by Crippen LogP contribution is 2.24. The molecule has 0 saturated heterocycles. The number of aryl methyl sites for hydroxylation is 2. The van der Waals surface area contributed by atoms with Gasteiger partial charge < -0.3 is 10.5 Å². The van der Waals surface area contributed by atoms with E-state index in [4.69, 9.17) is 5.73 Å². The Morgan fingerprint density at radius 1 is 1.47 bits per heavy atom. The number of esters is 1. The third-order valence-electron chi connectivity index (χ3n) is 2.52. The first-order valence-electron chi connectivity index (χ1n) is 5.58. The largest absolute Gasteiger partial charge is 0.468 e. The summed E-state index contributed by atoms with van der Waals surface area (Å²) >= 11 is 1.72. The van der Waals surface area contributed by atoms with Crippen molar-refractivity contribution in [1.29, 1.82) is 0 Å². The average Bonchev–Trinajstić information content (AvgIpc) is 2.30. The van der Waals surface area contributed by atoms with Crippen LogP contribution in [0.4, 0.5) is 0 Å². The first kappa shape index (κ1) is 14.1. The summed E-state index contributed by atoms with van der Waals surface area (Å²) in [6, 6.07) is 5.84. The molecule has 2 N–H and O–H groups in total. The molecule has 0 aliphatic heterocycles. The van der Waals surface area contributed by atoms with Crippen LogP contribution in [0.15, 0.2) is 23.1 Å². The van der Waals surface area contributed by atoms with Gasteiger partial charge in [0.05, 0.1) is 7.11 Å². The summed E-state index contributed by atoms with van der Waals surface area (Å²) in [6.07, 6.45) is 0.630. The van der Waals surface area contributed by atoms with Gasteiger partial charge in [-0.15, -0.1) is 11.8 Å². The maximum absolute atomic E-state index is 11.1. The van der Waals surface area contributed by atoms with Gasteiger partial charge in [-0.25, -0.2) is 0 Å². The zero-order valence-electron chi connectivity index (χ0n) is 10.5. The average molecular weight is 253 g/mol. The highest BCUT2D eigenvalue weighted by atomic mass is 32.2. The predicted octanol–water partition coefficient (Wildman–Crippen LogP) is 2.29. The molecule has 0 spiro atoms. The van der Waals surface area contributed by atoms with Crippen molar-refractivity contribution in [2.45, 2.75) is 31.2 Å². The van der Waals surface area contributed by atoms with Gasteiger partial charge in [0.15, 0.2) is 0 Å². The third kappa shape index (κ3) is 4.40. The lowest BCUT2D eigenvalue weighted by molar-refractivity contribution is -0.142. The summed E-state index contributed by atoms with van der Waals surface area (Å²) in [4.78, 5) is 12.4. The maximum atomic E-state index is 11.1. The zero-order chi connectivity index (χ0) is 12.8. The Morgan fingerprint density at radius 3 is 2.76 bits per heavy atom. The molecular formula is C13H19NO2S. The molecule has 0 aliphatic carbocycles. The molecule has 1 aromatic carbocycles. The van der Waals surface area contributed by atoms with E-state index in [1.807, 2.05) is 0 Å². The van der Waals surface area contributed by atoms with Gasteiger partial charge in [0, 0.05) is 10.6 Å². The summed E-state index contributed by atoms with van der Waals surface area (Å²) in [5, 5.41) is 0. The van der Waals surface area contributed by atoms with E-state index in [-0.39, 0.29) is 5.97 Å². The second-order valence-corrected chi connectivity index (χ2v) is 5.17. The van der Waals surface area contributed by atoms with Crippen molar-refractivity contribution in [1.82, 2.24) is 0 Å². The molecule has 0 saturated carbocycles. The molecule has 17 heavy (non-hydrogen) atoms. The standard InChI is InChI=1S/C13H19NO2S/c1-9-4-5-12(10(2)8-9)17-7-6-11(14)13(15)16-3/h4-5,8,11H,6-7,14H2,1-3H3. The van der Waals surface area contributed by atoms with Crippen LogP contribution in [0.3, 0.4) is 0 Å². The summed E-state index contributed by atoms with van der Waals surface area (Å²) in [7, 11) is 1.36. The Labute approximate surface area is 107 Å². The van der Waals surface area contributed by atoms with Crippen LogP contribution in [0.2, 0.25) is 0 Å². The van der Waals surface area contributed by atoms with Crippen LogP contribution in [0, 0.1) is 13.8 Å². The van der Waals surface area contributed by atoms with E-state index in [9.17, 15) is 4.79 Å². The molecule has 1 rings (SSSR count). The zero-order valence-corrected chi connectivity index (χ0v) is 11.3. The number of hydrogen-bond acceptors (Lipinski definition) is 4. The van der Waals surface area contributed by atoms with Crippen LogP contribution in [0.25, 0.3) is 0 Å². The van der Waals surface area contributed by atoms with Crippen molar-refractivity contribution >= 4 is 17.7 Å². The molecule has 0 radical (unpaired) electrons. The van der Waals surface area contributed by atoms with Gasteiger partial charge >= 0.3 is 5.97 Å². The normalized spacial score (nSPS) is 12.2.